The maximum absolute atomic E-state index is 9.94. The van der Waals surface area contributed by atoms with Crippen molar-refractivity contribution >= 4 is 29.6 Å². The van der Waals surface area contributed by atoms with Crippen molar-refractivity contribution in [1.82, 2.24) is 5.01 Å². The van der Waals surface area contributed by atoms with Gasteiger partial charge in [0.05, 0.1) is 19.1 Å². The van der Waals surface area contributed by atoms with E-state index in [1.165, 1.54) is 14.1 Å². The standard InChI is InChI=1S/C2H7N3O2.Na.H/c1-4(2)5(7)3-6;;/h6H,1-2H3;;. The van der Waals surface area contributed by atoms with Crippen molar-refractivity contribution in [3.8, 4) is 0 Å². The Kier molecular flexibility index (Phi) is 7.00. The summed E-state index contributed by atoms with van der Waals surface area (Å²) < 4.78 is 0. The predicted molar refractivity (Wildman–Crippen MR) is 28.7 cm³/mol. The Hall–Kier alpha value is 0. The SMILES string of the molecule is CN(C)[N+]([O-])=NO.[NaH]. The normalized spacial score (nSPS) is 10.0. The third kappa shape index (κ3) is 4.17. The fourth-order valence-electron chi connectivity index (χ4n) is 0.0800. The summed E-state index contributed by atoms with van der Waals surface area (Å²) in [6, 6.07) is 0. The molecule has 0 aliphatic carbocycles. The summed E-state index contributed by atoms with van der Waals surface area (Å²) in [7, 11) is 2.93. The van der Waals surface area contributed by atoms with E-state index in [1.54, 1.807) is 0 Å². The van der Waals surface area contributed by atoms with Crippen LogP contribution in [0, 0.1) is 5.21 Å². The third-order valence-electron chi connectivity index (χ3n) is 0.419. The molecule has 0 rings (SSSR count). The molecule has 0 aromatic heterocycles. The second-order valence-electron chi connectivity index (χ2n) is 1.19. The Morgan fingerprint density at radius 1 is 1.62 bits per heavy atom. The molecule has 0 aromatic rings. The van der Waals surface area contributed by atoms with E-state index in [-0.39, 0.29) is 34.5 Å². The van der Waals surface area contributed by atoms with Crippen molar-refractivity contribution in [1.29, 1.82) is 0 Å². The van der Waals surface area contributed by atoms with E-state index in [0.717, 1.165) is 5.01 Å². The zero-order valence-electron chi connectivity index (χ0n) is 4.20. The van der Waals surface area contributed by atoms with Crippen LogP contribution in [0.5, 0.6) is 0 Å². The first-order chi connectivity index (χ1) is 3.18. The minimum absolute atomic E-state index is 0. The Balaban J connectivity index is 0. The minimum atomic E-state index is 0. The zero-order chi connectivity index (χ0) is 5.86. The average molecular weight is 129 g/mol. The predicted octanol–water partition coefficient (Wildman–Crippen LogP) is -0.834. The van der Waals surface area contributed by atoms with Crippen LogP contribution in [0.15, 0.2) is 5.28 Å². The number of hydrazine groups is 1. The average Bonchev–Trinajstić information content (AvgIpc) is 1.65. The summed E-state index contributed by atoms with van der Waals surface area (Å²) in [5, 5.41) is 21.0. The van der Waals surface area contributed by atoms with Crippen LogP contribution in [0.25, 0.3) is 0 Å². The van der Waals surface area contributed by atoms with Crippen molar-refractivity contribution in [2.24, 2.45) is 5.28 Å². The van der Waals surface area contributed by atoms with E-state index in [2.05, 4.69) is 5.28 Å². The monoisotopic (exact) mass is 129 g/mol. The fourth-order valence-corrected chi connectivity index (χ4v) is 0.0800. The van der Waals surface area contributed by atoms with Crippen LogP contribution in [0.4, 0.5) is 0 Å². The molecule has 8 heavy (non-hydrogen) atoms. The summed E-state index contributed by atoms with van der Waals surface area (Å²) in [5.74, 6) is 0. The van der Waals surface area contributed by atoms with E-state index in [0.29, 0.717) is 0 Å². The van der Waals surface area contributed by atoms with Gasteiger partial charge in [0.15, 0.2) is 0 Å². The number of hydrogen-bond donors (Lipinski definition) is 1. The Morgan fingerprint density at radius 2 is 2.00 bits per heavy atom. The zero-order valence-corrected chi connectivity index (χ0v) is 4.20. The molecule has 0 spiro atoms. The molecule has 0 atom stereocenters. The van der Waals surface area contributed by atoms with E-state index < -0.39 is 0 Å². The van der Waals surface area contributed by atoms with Gasteiger partial charge in [-0.3, -0.25) is 0 Å². The molecule has 0 heterocycles. The maximum atomic E-state index is 9.94. The van der Waals surface area contributed by atoms with Crippen molar-refractivity contribution in [2.75, 3.05) is 14.1 Å². The first kappa shape index (κ1) is 10.9. The van der Waals surface area contributed by atoms with Gasteiger partial charge in [-0.25, -0.2) is 0 Å². The van der Waals surface area contributed by atoms with Crippen LogP contribution >= 0.6 is 0 Å². The van der Waals surface area contributed by atoms with Gasteiger partial charge in [0, 0.05) is 0 Å². The summed E-state index contributed by atoms with van der Waals surface area (Å²) in [6.45, 7) is 0. The van der Waals surface area contributed by atoms with Crippen molar-refractivity contribution < 1.29 is 10.2 Å². The Bertz CT molecular complexity index is 83.4. The molecule has 0 unspecified atom stereocenters. The first-order valence-corrected chi connectivity index (χ1v) is 1.68. The van der Waals surface area contributed by atoms with Crippen molar-refractivity contribution in [2.45, 2.75) is 0 Å². The molecule has 5 nitrogen and oxygen atoms in total. The van der Waals surface area contributed by atoms with Gasteiger partial charge in [-0.05, 0) is 0 Å². The molecule has 6 heteroatoms. The van der Waals surface area contributed by atoms with Gasteiger partial charge < -0.3 is 10.4 Å². The van der Waals surface area contributed by atoms with Crippen molar-refractivity contribution in [3.63, 3.8) is 0 Å². The van der Waals surface area contributed by atoms with Crippen LogP contribution in [-0.4, -0.2) is 58.8 Å². The van der Waals surface area contributed by atoms with E-state index in [9.17, 15) is 5.21 Å². The van der Waals surface area contributed by atoms with Crippen LogP contribution in [-0.2, 0) is 0 Å². The molecule has 0 fully saturated rings. The van der Waals surface area contributed by atoms with Crippen LogP contribution in [0.1, 0.15) is 0 Å². The second kappa shape index (κ2) is 5.14. The molecule has 0 bridgehead atoms. The molecule has 1 N–H and O–H groups in total. The van der Waals surface area contributed by atoms with Gasteiger partial charge >= 0.3 is 29.6 Å². The summed E-state index contributed by atoms with van der Waals surface area (Å²) in [4.78, 5) is 0.0556. The molecule has 0 saturated carbocycles. The van der Waals surface area contributed by atoms with Crippen LogP contribution in [0.3, 0.4) is 0 Å². The summed E-state index contributed by atoms with van der Waals surface area (Å²) in [6.07, 6.45) is 0. The summed E-state index contributed by atoms with van der Waals surface area (Å²) >= 11 is 0. The van der Waals surface area contributed by atoms with Gasteiger partial charge in [-0.2, -0.15) is 5.01 Å². The molecule has 0 amide bonds. The Labute approximate surface area is 69.4 Å². The van der Waals surface area contributed by atoms with Gasteiger partial charge in [0.25, 0.3) is 0 Å². The van der Waals surface area contributed by atoms with E-state index >= 15 is 0 Å². The van der Waals surface area contributed by atoms with E-state index in [4.69, 9.17) is 5.21 Å². The van der Waals surface area contributed by atoms with E-state index in [1.807, 2.05) is 0 Å². The number of hydrogen-bond acceptors (Lipinski definition) is 2. The first-order valence-electron chi connectivity index (χ1n) is 1.68. The van der Waals surface area contributed by atoms with Gasteiger partial charge in [0.2, 0.25) is 5.28 Å². The van der Waals surface area contributed by atoms with Crippen molar-refractivity contribution in [3.05, 3.63) is 5.21 Å². The Morgan fingerprint density at radius 3 is 2.00 bits per heavy atom. The third-order valence-corrected chi connectivity index (χ3v) is 0.419. The molecular formula is C2H8N3NaO2. The molecule has 0 aromatic carbocycles. The molecule has 0 aliphatic heterocycles. The quantitative estimate of drug-likeness (QED) is 0.217. The second-order valence-corrected chi connectivity index (χ2v) is 1.19. The molecule has 0 radical (unpaired) electrons. The molecule has 0 saturated heterocycles. The van der Waals surface area contributed by atoms with Gasteiger partial charge in [0.1, 0.15) is 0 Å². The fraction of sp³-hybridized carbons (Fsp3) is 1.00. The van der Waals surface area contributed by atoms with Gasteiger partial charge in [-0.15, -0.1) is 0 Å². The number of nitrogens with zero attached hydrogens (tertiary/aromatic N) is 3. The number of rotatable bonds is 1. The topological polar surface area (TPSA) is 61.9 Å². The molecule has 0 aliphatic rings. The van der Waals surface area contributed by atoms with Crippen LogP contribution in [0.2, 0.25) is 0 Å². The van der Waals surface area contributed by atoms with Gasteiger partial charge in [-0.1, -0.05) is 0 Å². The van der Waals surface area contributed by atoms with Crippen LogP contribution < -0.4 is 0 Å². The molecule has 44 valence electrons. The summed E-state index contributed by atoms with van der Waals surface area (Å²) in [5.41, 5.74) is 0. The molecular weight excluding hydrogens is 121 g/mol.